The molecule has 1 aliphatic rings. The lowest BCUT2D eigenvalue weighted by Gasteiger charge is -2.17. The summed E-state index contributed by atoms with van der Waals surface area (Å²) in [4.78, 5) is 17.0. The number of aromatic carboxylic acids is 1. The van der Waals surface area contributed by atoms with Gasteiger partial charge in [-0.2, -0.15) is 0 Å². The van der Waals surface area contributed by atoms with E-state index in [2.05, 4.69) is 9.88 Å². The largest absolute Gasteiger partial charge is 0.478 e. The van der Waals surface area contributed by atoms with Crippen molar-refractivity contribution in [1.29, 1.82) is 0 Å². The third kappa shape index (κ3) is 2.74. The topological polar surface area (TPSA) is 62.7 Å². The van der Waals surface area contributed by atoms with Crippen molar-refractivity contribution in [2.75, 3.05) is 31.7 Å². The van der Waals surface area contributed by atoms with Gasteiger partial charge in [-0.15, -0.1) is 0 Å². The molecule has 5 nitrogen and oxygen atoms in total. The summed E-state index contributed by atoms with van der Waals surface area (Å²) in [7, 11) is 1.71. The van der Waals surface area contributed by atoms with Gasteiger partial charge in [-0.3, -0.25) is 0 Å². The van der Waals surface area contributed by atoms with Crippen molar-refractivity contribution in [3.63, 3.8) is 0 Å². The van der Waals surface area contributed by atoms with E-state index in [4.69, 9.17) is 9.84 Å². The zero-order valence-electron chi connectivity index (χ0n) is 9.80. The molecule has 0 amide bonds. The predicted octanol–water partition coefficient (Wildman–Crippen LogP) is 1.25. The van der Waals surface area contributed by atoms with Crippen LogP contribution in [0.5, 0.6) is 0 Å². The first-order valence-electron chi connectivity index (χ1n) is 5.64. The average Bonchev–Trinajstić information content (AvgIpc) is 2.78. The van der Waals surface area contributed by atoms with Gasteiger partial charge < -0.3 is 14.7 Å². The maximum Gasteiger partial charge on any atom is 0.337 e. The van der Waals surface area contributed by atoms with Gasteiger partial charge in [0.1, 0.15) is 5.82 Å². The highest BCUT2D eigenvalue weighted by Crippen LogP contribution is 2.22. The Hall–Kier alpha value is -1.62. The number of hydrogen-bond donors (Lipinski definition) is 1. The summed E-state index contributed by atoms with van der Waals surface area (Å²) >= 11 is 0. The molecule has 0 radical (unpaired) electrons. The number of anilines is 1. The minimum Gasteiger partial charge on any atom is -0.478 e. The lowest BCUT2D eigenvalue weighted by atomic mass is 10.1. The highest BCUT2D eigenvalue weighted by Gasteiger charge is 2.23. The van der Waals surface area contributed by atoms with Gasteiger partial charge >= 0.3 is 5.97 Å². The smallest absolute Gasteiger partial charge is 0.337 e. The molecule has 1 fully saturated rings. The van der Waals surface area contributed by atoms with Crippen LogP contribution in [0.15, 0.2) is 18.3 Å². The SMILES string of the molecule is COC[C@H]1CCN(c2ccc(C(=O)O)cn2)C1. The van der Waals surface area contributed by atoms with Gasteiger partial charge in [0.05, 0.1) is 12.2 Å². The number of methoxy groups -OCH3 is 1. The quantitative estimate of drug-likeness (QED) is 0.852. The Bertz CT molecular complexity index is 391. The van der Waals surface area contributed by atoms with Crippen molar-refractivity contribution < 1.29 is 14.6 Å². The molecule has 1 aromatic heterocycles. The van der Waals surface area contributed by atoms with Crippen LogP contribution in [0.4, 0.5) is 5.82 Å². The second-order valence-corrected chi connectivity index (χ2v) is 4.27. The maximum atomic E-state index is 10.7. The fraction of sp³-hybridized carbons (Fsp3) is 0.500. The molecule has 1 N–H and O–H groups in total. The van der Waals surface area contributed by atoms with Crippen LogP contribution in [0.1, 0.15) is 16.8 Å². The van der Waals surface area contributed by atoms with Crippen molar-refractivity contribution in [2.45, 2.75) is 6.42 Å². The summed E-state index contributed by atoms with van der Waals surface area (Å²) in [6.45, 7) is 2.64. The minimum absolute atomic E-state index is 0.224. The van der Waals surface area contributed by atoms with E-state index in [9.17, 15) is 4.79 Å². The molecule has 2 rings (SSSR count). The Kier molecular flexibility index (Phi) is 3.58. The van der Waals surface area contributed by atoms with Gasteiger partial charge in [0.25, 0.3) is 0 Å². The van der Waals surface area contributed by atoms with E-state index in [0.29, 0.717) is 5.92 Å². The second-order valence-electron chi connectivity index (χ2n) is 4.27. The monoisotopic (exact) mass is 236 g/mol. The van der Waals surface area contributed by atoms with Crippen LogP contribution < -0.4 is 4.90 Å². The number of carbonyl (C=O) groups is 1. The molecule has 1 aromatic rings. The zero-order chi connectivity index (χ0) is 12.3. The highest BCUT2D eigenvalue weighted by atomic mass is 16.5. The number of carboxylic acids is 1. The van der Waals surface area contributed by atoms with E-state index in [0.717, 1.165) is 31.9 Å². The number of aromatic nitrogens is 1. The molecule has 92 valence electrons. The molecule has 0 unspecified atom stereocenters. The number of carboxylic acid groups (broad SMARTS) is 1. The summed E-state index contributed by atoms with van der Waals surface area (Å²) in [5.41, 5.74) is 0.224. The van der Waals surface area contributed by atoms with Crippen LogP contribution in [-0.4, -0.2) is 42.9 Å². The Morgan fingerprint density at radius 3 is 3.06 bits per heavy atom. The molecule has 5 heteroatoms. The molecule has 17 heavy (non-hydrogen) atoms. The van der Waals surface area contributed by atoms with Gasteiger partial charge in [-0.25, -0.2) is 9.78 Å². The van der Waals surface area contributed by atoms with Crippen LogP contribution in [0.3, 0.4) is 0 Å². The molecule has 2 heterocycles. The first-order chi connectivity index (χ1) is 8.20. The first-order valence-corrected chi connectivity index (χ1v) is 5.64. The maximum absolute atomic E-state index is 10.7. The van der Waals surface area contributed by atoms with Crippen molar-refractivity contribution >= 4 is 11.8 Å². The fourth-order valence-corrected chi connectivity index (χ4v) is 2.11. The lowest BCUT2D eigenvalue weighted by Crippen LogP contribution is -2.22. The average molecular weight is 236 g/mol. The van der Waals surface area contributed by atoms with Gasteiger partial charge in [0.15, 0.2) is 0 Å². The Labute approximate surface area is 100 Å². The third-order valence-electron chi connectivity index (χ3n) is 3.01. The minimum atomic E-state index is -0.942. The molecular formula is C12H16N2O3. The zero-order valence-corrected chi connectivity index (χ0v) is 9.80. The van der Waals surface area contributed by atoms with Gasteiger partial charge in [0.2, 0.25) is 0 Å². The summed E-state index contributed by atoms with van der Waals surface area (Å²) in [6.07, 6.45) is 2.50. The summed E-state index contributed by atoms with van der Waals surface area (Å²) in [5.74, 6) is 0.442. The molecule has 0 bridgehead atoms. The van der Waals surface area contributed by atoms with Crippen LogP contribution in [0.2, 0.25) is 0 Å². The summed E-state index contributed by atoms with van der Waals surface area (Å²) in [5, 5.41) is 8.78. The van der Waals surface area contributed by atoms with E-state index in [1.165, 1.54) is 6.20 Å². The van der Waals surface area contributed by atoms with E-state index >= 15 is 0 Å². The number of rotatable bonds is 4. The second kappa shape index (κ2) is 5.14. The highest BCUT2D eigenvalue weighted by molar-refractivity contribution is 5.87. The number of pyridine rings is 1. The van der Waals surface area contributed by atoms with Crippen molar-refractivity contribution in [2.24, 2.45) is 5.92 Å². The summed E-state index contributed by atoms with van der Waals surface area (Å²) < 4.78 is 5.14. The molecular weight excluding hydrogens is 220 g/mol. The number of ether oxygens (including phenoxy) is 1. The summed E-state index contributed by atoms with van der Waals surface area (Å²) in [6, 6.07) is 3.35. The Balaban J connectivity index is 2.01. The van der Waals surface area contributed by atoms with Crippen molar-refractivity contribution in [1.82, 2.24) is 4.98 Å². The molecule has 1 aliphatic heterocycles. The van der Waals surface area contributed by atoms with Gasteiger partial charge in [0, 0.05) is 32.3 Å². The van der Waals surface area contributed by atoms with Crippen LogP contribution in [-0.2, 0) is 4.74 Å². The van der Waals surface area contributed by atoms with Crippen LogP contribution in [0, 0.1) is 5.92 Å². The van der Waals surface area contributed by atoms with E-state index in [-0.39, 0.29) is 5.56 Å². The molecule has 1 atom stereocenters. The first kappa shape index (κ1) is 11.9. The van der Waals surface area contributed by atoms with E-state index < -0.39 is 5.97 Å². The molecule has 0 spiro atoms. The molecule has 0 aromatic carbocycles. The Morgan fingerprint density at radius 2 is 2.47 bits per heavy atom. The van der Waals surface area contributed by atoms with Gasteiger partial charge in [-0.1, -0.05) is 0 Å². The molecule has 0 aliphatic carbocycles. The molecule has 1 saturated heterocycles. The molecule has 0 saturated carbocycles. The lowest BCUT2D eigenvalue weighted by molar-refractivity contribution is 0.0696. The standard InChI is InChI=1S/C12H16N2O3/c1-17-8-9-4-5-14(7-9)11-3-2-10(6-13-11)12(15)16/h2-3,6,9H,4-5,7-8H2,1H3,(H,15,16)/t9-/m0/s1. The van der Waals surface area contributed by atoms with Crippen molar-refractivity contribution in [3.8, 4) is 0 Å². The number of hydrogen-bond acceptors (Lipinski definition) is 4. The number of nitrogens with zero attached hydrogens (tertiary/aromatic N) is 2. The van der Waals surface area contributed by atoms with Gasteiger partial charge in [-0.05, 0) is 18.6 Å². The third-order valence-corrected chi connectivity index (χ3v) is 3.01. The van der Waals surface area contributed by atoms with Crippen LogP contribution >= 0.6 is 0 Å². The van der Waals surface area contributed by atoms with E-state index in [1.54, 1.807) is 19.2 Å². The predicted molar refractivity (Wildman–Crippen MR) is 63.4 cm³/mol. The van der Waals surface area contributed by atoms with Crippen LogP contribution in [0.25, 0.3) is 0 Å². The van der Waals surface area contributed by atoms with E-state index in [1.807, 2.05) is 0 Å². The van der Waals surface area contributed by atoms with Crippen molar-refractivity contribution in [3.05, 3.63) is 23.9 Å². The Morgan fingerprint density at radius 1 is 1.65 bits per heavy atom. The normalized spacial score (nSPS) is 19.6. The fourth-order valence-electron chi connectivity index (χ4n) is 2.11.